The molecule has 6 nitrogen and oxygen atoms in total. The standard InChI is InChI=1S/C36H36O6/c1-35(2,3)26-20-22-36(23-21-26,27-8-16-31(17-9-27)41-29-12-4-24(5-13-29)33(37)38)28-10-18-32(19-11-28)42-30-14-6-25(7-15-30)34(39)40/h4-19,26H,20-23H2,1-3H3,(H,37,38)(H,39,40). The molecule has 2 N–H and O–H groups in total. The van der Waals surface area contributed by atoms with Crippen molar-refractivity contribution in [3.63, 3.8) is 0 Å². The molecular weight excluding hydrogens is 528 g/mol. The molecule has 1 saturated carbocycles. The highest BCUT2D eigenvalue weighted by atomic mass is 16.5. The van der Waals surface area contributed by atoms with Crippen LogP contribution in [-0.4, -0.2) is 22.2 Å². The Balaban J connectivity index is 1.38. The minimum atomic E-state index is -0.966. The first kappa shape index (κ1) is 28.9. The second kappa shape index (κ2) is 11.7. The van der Waals surface area contributed by atoms with E-state index in [1.165, 1.54) is 35.4 Å². The zero-order valence-electron chi connectivity index (χ0n) is 24.2. The van der Waals surface area contributed by atoms with Crippen molar-refractivity contribution in [2.75, 3.05) is 0 Å². The van der Waals surface area contributed by atoms with Crippen LogP contribution in [0.25, 0.3) is 0 Å². The van der Waals surface area contributed by atoms with Crippen LogP contribution >= 0.6 is 0 Å². The molecule has 1 aliphatic carbocycles. The lowest BCUT2D eigenvalue weighted by atomic mass is 9.59. The number of ether oxygens (including phenoxy) is 2. The molecule has 4 aromatic rings. The van der Waals surface area contributed by atoms with Crippen LogP contribution in [-0.2, 0) is 5.41 Å². The van der Waals surface area contributed by atoms with E-state index in [1.54, 1.807) is 24.3 Å². The summed E-state index contributed by atoms with van der Waals surface area (Å²) in [4.78, 5) is 22.3. The molecule has 0 atom stereocenters. The molecule has 42 heavy (non-hydrogen) atoms. The normalized spacial score (nSPS) is 15.1. The fraction of sp³-hybridized carbons (Fsp3) is 0.278. The van der Waals surface area contributed by atoms with Crippen molar-refractivity contribution in [2.24, 2.45) is 11.3 Å². The van der Waals surface area contributed by atoms with Gasteiger partial charge in [-0.3, -0.25) is 0 Å². The molecule has 5 rings (SSSR count). The summed E-state index contributed by atoms with van der Waals surface area (Å²) < 4.78 is 12.0. The minimum Gasteiger partial charge on any atom is -0.478 e. The van der Waals surface area contributed by atoms with Crippen LogP contribution in [0.1, 0.15) is 78.3 Å². The Bertz CT molecular complexity index is 1420. The van der Waals surface area contributed by atoms with Crippen molar-refractivity contribution in [1.29, 1.82) is 0 Å². The smallest absolute Gasteiger partial charge is 0.335 e. The number of rotatable bonds is 8. The Morgan fingerprint density at radius 3 is 1.19 bits per heavy atom. The molecule has 0 radical (unpaired) electrons. The highest BCUT2D eigenvalue weighted by Crippen LogP contribution is 2.50. The fourth-order valence-corrected chi connectivity index (χ4v) is 6.01. The highest BCUT2D eigenvalue weighted by Gasteiger charge is 2.41. The van der Waals surface area contributed by atoms with Crippen LogP contribution in [0.5, 0.6) is 23.0 Å². The number of benzene rings is 4. The molecule has 0 unspecified atom stereocenters. The lowest BCUT2D eigenvalue weighted by molar-refractivity contribution is 0.0686. The van der Waals surface area contributed by atoms with Crippen molar-refractivity contribution < 1.29 is 29.3 Å². The van der Waals surface area contributed by atoms with Gasteiger partial charge < -0.3 is 19.7 Å². The quantitative estimate of drug-likeness (QED) is 0.222. The van der Waals surface area contributed by atoms with Crippen LogP contribution in [0.4, 0.5) is 0 Å². The summed E-state index contributed by atoms with van der Waals surface area (Å²) in [5, 5.41) is 18.3. The summed E-state index contributed by atoms with van der Waals surface area (Å²) in [6, 6.07) is 29.3. The van der Waals surface area contributed by atoms with Gasteiger partial charge in [-0.05, 0) is 121 Å². The van der Waals surface area contributed by atoms with Gasteiger partial charge in [0.05, 0.1) is 11.1 Å². The van der Waals surface area contributed by atoms with Crippen molar-refractivity contribution in [3.8, 4) is 23.0 Å². The van der Waals surface area contributed by atoms with E-state index in [0.29, 0.717) is 28.9 Å². The number of carboxylic acids is 2. The second-order valence-electron chi connectivity index (χ2n) is 12.1. The monoisotopic (exact) mass is 564 g/mol. The van der Waals surface area contributed by atoms with Gasteiger partial charge in [0.1, 0.15) is 23.0 Å². The molecule has 0 aliphatic heterocycles. The van der Waals surface area contributed by atoms with E-state index < -0.39 is 11.9 Å². The SMILES string of the molecule is CC(C)(C)C1CCC(c2ccc(Oc3ccc(C(=O)O)cc3)cc2)(c2ccc(Oc3ccc(C(=O)O)cc3)cc2)CC1. The number of aromatic carboxylic acids is 2. The van der Waals surface area contributed by atoms with E-state index in [-0.39, 0.29) is 22.0 Å². The molecule has 0 aromatic heterocycles. The van der Waals surface area contributed by atoms with Gasteiger partial charge in [0.15, 0.2) is 0 Å². The molecule has 0 amide bonds. The van der Waals surface area contributed by atoms with Crippen LogP contribution in [0.15, 0.2) is 97.1 Å². The first-order valence-corrected chi connectivity index (χ1v) is 14.3. The third kappa shape index (κ3) is 6.33. The minimum absolute atomic E-state index is 0.148. The van der Waals surface area contributed by atoms with E-state index in [2.05, 4.69) is 45.0 Å². The number of carbonyl (C=O) groups is 2. The van der Waals surface area contributed by atoms with Gasteiger partial charge in [-0.1, -0.05) is 45.0 Å². The third-order valence-electron chi connectivity index (χ3n) is 8.55. The molecule has 216 valence electrons. The highest BCUT2D eigenvalue weighted by molar-refractivity contribution is 5.88. The maximum atomic E-state index is 11.1. The topological polar surface area (TPSA) is 93.1 Å². The summed E-state index contributed by atoms with van der Waals surface area (Å²) >= 11 is 0. The van der Waals surface area contributed by atoms with Crippen LogP contribution in [0.3, 0.4) is 0 Å². The van der Waals surface area contributed by atoms with E-state index in [4.69, 9.17) is 19.7 Å². The Morgan fingerprint density at radius 1 is 0.595 bits per heavy atom. The molecule has 1 fully saturated rings. The van der Waals surface area contributed by atoms with E-state index in [1.807, 2.05) is 24.3 Å². The van der Waals surface area contributed by atoms with Gasteiger partial charge in [0.25, 0.3) is 0 Å². The van der Waals surface area contributed by atoms with Crippen molar-refractivity contribution >= 4 is 11.9 Å². The second-order valence-corrected chi connectivity index (χ2v) is 12.1. The van der Waals surface area contributed by atoms with E-state index in [0.717, 1.165) is 25.7 Å². The number of hydrogen-bond acceptors (Lipinski definition) is 4. The van der Waals surface area contributed by atoms with Gasteiger partial charge in [-0.2, -0.15) is 0 Å². The van der Waals surface area contributed by atoms with Crippen molar-refractivity contribution in [1.82, 2.24) is 0 Å². The van der Waals surface area contributed by atoms with Gasteiger partial charge in [-0.15, -0.1) is 0 Å². The summed E-state index contributed by atoms with van der Waals surface area (Å²) in [5.41, 5.74) is 3.03. The van der Waals surface area contributed by atoms with Crippen LogP contribution < -0.4 is 9.47 Å². The molecule has 1 aliphatic rings. The van der Waals surface area contributed by atoms with Gasteiger partial charge in [-0.25, -0.2) is 9.59 Å². The zero-order valence-corrected chi connectivity index (χ0v) is 24.2. The Labute approximate surface area is 246 Å². The van der Waals surface area contributed by atoms with E-state index in [9.17, 15) is 9.59 Å². The average molecular weight is 565 g/mol. The average Bonchev–Trinajstić information content (AvgIpc) is 2.98. The first-order valence-electron chi connectivity index (χ1n) is 14.3. The van der Waals surface area contributed by atoms with Gasteiger partial charge in [0.2, 0.25) is 0 Å². The summed E-state index contributed by atoms with van der Waals surface area (Å²) in [6.07, 6.45) is 4.32. The Morgan fingerprint density at radius 2 is 0.905 bits per heavy atom. The number of hydrogen-bond donors (Lipinski definition) is 2. The molecule has 4 aromatic carbocycles. The van der Waals surface area contributed by atoms with Gasteiger partial charge in [0, 0.05) is 5.41 Å². The molecule has 0 heterocycles. The molecule has 6 heteroatoms. The summed E-state index contributed by atoms with van der Waals surface area (Å²) in [6.45, 7) is 6.98. The van der Waals surface area contributed by atoms with Crippen molar-refractivity contribution in [3.05, 3.63) is 119 Å². The van der Waals surface area contributed by atoms with Crippen LogP contribution in [0.2, 0.25) is 0 Å². The summed E-state index contributed by atoms with van der Waals surface area (Å²) in [7, 11) is 0. The van der Waals surface area contributed by atoms with E-state index >= 15 is 0 Å². The lowest BCUT2D eigenvalue weighted by Crippen LogP contribution is -2.36. The fourth-order valence-electron chi connectivity index (χ4n) is 6.01. The predicted molar refractivity (Wildman–Crippen MR) is 162 cm³/mol. The van der Waals surface area contributed by atoms with Crippen LogP contribution in [0, 0.1) is 11.3 Å². The maximum absolute atomic E-state index is 11.1. The molecular formula is C36H36O6. The summed E-state index contributed by atoms with van der Waals surface area (Å²) in [5.74, 6) is 1.27. The number of carboxylic acid groups (broad SMARTS) is 2. The lowest BCUT2D eigenvalue weighted by Gasteiger charge is -2.45. The molecule has 0 saturated heterocycles. The van der Waals surface area contributed by atoms with Crippen molar-refractivity contribution in [2.45, 2.75) is 51.9 Å². The largest absolute Gasteiger partial charge is 0.478 e. The first-order chi connectivity index (χ1) is 20.0. The zero-order chi connectivity index (χ0) is 29.9. The molecule has 0 bridgehead atoms. The van der Waals surface area contributed by atoms with Gasteiger partial charge >= 0.3 is 11.9 Å². The third-order valence-corrected chi connectivity index (χ3v) is 8.55. The molecule has 0 spiro atoms. The maximum Gasteiger partial charge on any atom is 0.335 e. The Hall–Kier alpha value is -4.58. The predicted octanol–water partition coefficient (Wildman–Crippen LogP) is 9.19. The Kier molecular flexibility index (Phi) is 8.08.